The molecule has 1 aliphatic rings. The Morgan fingerprint density at radius 1 is 0.920 bits per heavy atom. The third-order valence-electron chi connectivity index (χ3n) is 5.49. The van der Waals surface area contributed by atoms with Gasteiger partial charge in [-0.1, -0.05) is 0 Å². The summed E-state index contributed by atoms with van der Waals surface area (Å²) < 4.78 is 15.6. The maximum Gasteiger partial charge on any atom is 0.161 e. The zero-order chi connectivity index (χ0) is 17.7. The van der Waals surface area contributed by atoms with Crippen LogP contribution >= 0.6 is 0 Å². The van der Waals surface area contributed by atoms with Crippen molar-refractivity contribution in [1.29, 1.82) is 0 Å². The number of hydrogen-bond donors (Lipinski definition) is 0. The highest BCUT2D eigenvalue weighted by molar-refractivity contribution is 5.77. The zero-order valence-electron chi connectivity index (χ0n) is 15.5. The van der Waals surface area contributed by atoms with Gasteiger partial charge in [0.15, 0.2) is 11.5 Å². The van der Waals surface area contributed by atoms with Gasteiger partial charge in [0.1, 0.15) is 0 Å². The van der Waals surface area contributed by atoms with E-state index in [0.29, 0.717) is 0 Å². The monoisotopic (exact) mass is 336 g/mol. The van der Waals surface area contributed by atoms with Crippen LogP contribution in [0.4, 0.5) is 0 Å². The van der Waals surface area contributed by atoms with Crippen molar-refractivity contribution in [2.45, 2.75) is 26.8 Å². The summed E-state index contributed by atoms with van der Waals surface area (Å²) in [5.41, 5.74) is 8.97. The molecule has 0 atom stereocenters. The summed E-state index contributed by atoms with van der Waals surface area (Å²) in [7, 11) is 5.50. The summed E-state index contributed by atoms with van der Waals surface area (Å²) in [4.78, 5) is 0. The Labute approximate surface area is 148 Å². The largest absolute Gasteiger partial charge is 0.493 e. The first-order valence-corrected chi connectivity index (χ1v) is 8.62. The molecule has 4 heteroatoms. The minimum absolute atomic E-state index is 0.782. The summed E-state index contributed by atoms with van der Waals surface area (Å²) in [6.07, 6.45) is 3.28. The second-order valence-corrected chi connectivity index (χ2v) is 6.77. The van der Waals surface area contributed by atoms with Gasteiger partial charge in [0.2, 0.25) is 0 Å². The van der Waals surface area contributed by atoms with E-state index in [0.717, 1.165) is 24.5 Å². The number of fused-ring (bicyclic) bond motifs is 3. The van der Waals surface area contributed by atoms with Crippen LogP contribution in [0.25, 0.3) is 22.4 Å². The van der Waals surface area contributed by atoms with E-state index in [1.165, 1.54) is 39.3 Å². The molecule has 130 valence electrons. The molecule has 0 bridgehead atoms. The van der Waals surface area contributed by atoms with Gasteiger partial charge in [-0.15, -0.1) is 0 Å². The van der Waals surface area contributed by atoms with Crippen LogP contribution in [0.2, 0.25) is 0 Å². The first kappa shape index (κ1) is 15.9. The summed E-state index contributed by atoms with van der Waals surface area (Å²) in [6.45, 7) is 5.32. The van der Waals surface area contributed by atoms with Crippen molar-refractivity contribution < 1.29 is 9.47 Å². The van der Waals surface area contributed by atoms with Crippen LogP contribution in [0.1, 0.15) is 17.0 Å². The van der Waals surface area contributed by atoms with Crippen LogP contribution in [0, 0.1) is 13.8 Å². The maximum atomic E-state index is 5.51. The standard InChI is InChI=1S/C21H24N2O2/c1-13-8-17(14(2)22(13)3)16-9-19-18-11-21(25-5)20(24-4)10-15(18)6-7-23(19)12-16/h8-12H,6-7H2,1-5H3. The molecular weight excluding hydrogens is 312 g/mol. The number of rotatable bonds is 3. The topological polar surface area (TPSA) is 28.3 Å². The predicted octanol–water partition coefficient (Wildman–Crippen LogP) is 4.35. The highest BCUT2D eigenvalue weighted by Crippen LogP contribution is 2.41. The molecule has 4 rings (SSSR count). The van der Waals surface area contributed by atoms with Gasteiger partial charge in [0.05, 0.1) is 14.2 Å². The van der Waals surface area contributed by atoms with Gasteiger partial charge in [-0.2, -0.15) is 0 Å². The molecule has 0 amide bonds. The van der Waals surface area contributed by atoms with Crippen LogP contribution in [-0.2, 0) is 20.0 Å². The van der Waals surface area contributed by atoms with E-state index in [4.69, 9.17) is 9.47 Å². The van der Waals surface area contributed by atoms with Crippen LogP contribution in [0.15, 0.2) is 30.5 Å². The maximum absolute atomic E-state index is 5.51. The number of nitrogens with zero attached hydrogens (tertiary/aromatic N) is 2. The molecule has 1 aromatic carbocycles. The van der Waals surface area contributed by atoms with E-state index in [1.54, 1.807) is 14.2 Å². The molecule has 0 unspecified atom stereocenters. The number of aromatic nitrogens is 2. The Balaban J connectivity index is 1.86. The van der Waals surface area contributed by atoms with Crippen LogP contribution < -0.4 is 9.47 Å². The van der Waals surface area contributed by atoms with E-state index >= 15 is 0 Å². The molecular formula is C21H24N2O2. The molecule has 0 radical (unpaired) electrons. The smallest absolute Gasteiger partial charge is 0.161 e. The van der Waals surface area contributed by atoms with E-state index in [-0.39, 0.29) is 0 Å². The lowest BCUT2D eigenvalue weighted by molar-refractivity contribution is 0.354. The Morgan fingerprint density at radius 2 is 1.64 bits per heavy atom. The van der Waals surface area contributed by atoms with Crippen molar-refractivity contribution in [2.24, 2.45) is 7.05 Å². The fourth-order valence-corrected chi connectivity index (χ4v) is 3.82. The third-order valence-corrected chi connectivity index (χ3v) is 5.49. The lowest BCUT2D eigenvalue weighted by atomic mass is 9.97. The number of aryl methyl sites for hydroxylation is 3. The lowest BCUT2D eigenvalue weighted by Gasteiger charge is -2.21. The molecule has 0 fully saturated rings. The third kappa shape index (κ3) is 2.36. The Kier molecular flexibility index (Phi) is 3.64. The Morgan fingerprint density at radius 3 is 2.28 bits per heavy atom. The second kappa shape index (κ2) is 5.73. The minimum Gasteiger partial charge on any atom is -0.493 e. The molecule has 3 heterocycles. The van der Waals surface area contributed by atoms with Gasteiger partial charge in [-0.05, 0) is 50.1 Å². The molecule has 2 aromatic heterocycles. The molecule has 0 saturated carbocycles. The van der Waals surface area contributed by atoms with Crippen LogP contribution in [0.5, 0.6) is 11.5 Å². The van der Waals surface area contributed by atoms with Crippen molar-refractivity contribution >= 4 is 0 Å². The van der Waals surface area contributed by atoms with Crippen LogP contribution in [0.3, 0.4) is 0 Å². The molecule has 0 N–H and O–H groups in total. The van der Waals surface area contributed by atoms with E-state index in [2.05, 4.69) is 60.5 Å². The Hall–Kier alpha value is -2.62. The number of benzene rings is 1. The van der Waals surface area contributed by atoms with E-state index in [1.807, 2.05) is 0 Å². The van der Waals surface area contributed by atoms with Crippen molar-refractivity contribution in [3.63, 3.8) is 0 Å². The van der Waals surface area contributed by atoms with Crippen molar-refractivity contribution in [1.82, 2.24) is 9.13 Å². The predicted molar refractivity (Wildman–Crippen MR) is 101 cm³/mol. The highest BCUT2D eigenvalue weighted by atomic mass is 16.5. The van der Waals surface area contributed by atoms with Gasteiger partial charge in [-0.3, -0.25) is 0 Å². The zero-order valence-corrected chi connectivity index (χ0v) is 15.5. The van der Waals surface area contributed by atoms with Gasteiger partial charge < -0.3 is 18.6 Å². The van der Waals surface area contributed by atoms with Gasteiger partial charge in [-0.25, -0.2) is 0 Å². The van der Waals surface area contributed by atoms with Gasteiger partial charge in [0, 0.05) is 53.6 Å². The molecule has 4 nitrogen and oxygen atoms in total. The first-order chi connectivity index (χ1) is 12.0. The number of methoxy groups -OCH3 is 2. The highest BCUT2D eigenvalue weighted by Gasteiger charge is 2.21. The fourth-order valence-electron chi connectivity index (χ4n) is 3.82. The van der Waals surface area contributed by atoms with Crippen molar-refractivity contribution in [3.8, 4) is 33.9 Å². The molecule has 3 aromatic rings. The first-order valence-electron chi connectivity index (χ1n) is 8.62. The summed E-state index contributed by atoms with van der Waals surface area (Å²) in [6, 6.07) is 8.78. The lowest BCUT2D eigenvalue weighted by Crippen LogP contribution is -2.10. The molecule has 0 spiro atoms. The van der Waals surface area contributed by atoms with Gasteiger partial charge >= 0.3 is 0 Å². The quantitative estimate of drug-likeness (QED) is 0.711. The second-order valence-electron chi connectivity index (χ2n) is 6.77. The Bertz CT molecular complexity index is 963. The molecule has 0 aliphatic carbocycles. The molecule has 1 aliphatic heterocycles. The minimum atomic E-state index is 0.782. The van der Waals surface area contributed by atoms with Gasteiger partial charge in [0.25, 0.3) is 0 Å². The fraction of sp³-hybridized carbons (Fsp3) is 0.333. The average molecular weight is 336 g/mol. The summed E-state index contributed by atoms with van der Waals surface area (Å²) in [5.74, 6) is 1.58. The van der Waals surface area contributed by atoms with Crippen molar-refractivity contribution in [2.75, 3.05) is 14.2 Å². The normalized spacial score (nSPS) is 12.7. The summed E-state index contributed by atoms with van der Waals surface area (Å²) >= 11 is 0. The van der Waals surface area contributed by atoms with Crippen LogP contribution in [-0.4, -0.2) is 23.4 Å². The molecule has 0 saturated heterocycles. The summed E-state index contributed by atoms with van der Waals surface area (Å²) in [5, 5.41) is 0. The van der Waals surface area contributed by atoms with Crippen molar-refractivity contribution in [3.05, 3.63) is 47.4 Å². The van der Waals surface area contributed by atoms with E-state index in [9.17, 15) is 0 Å². The number of ether oxygens (including phenoxy) is 2. The van der Waals surface area contributed by atoms with E-state index < -0.39 is 0 Å². The average Bonchev–Trinajstić information content (AvgIpc) is 3.17. The molecule has 25 heavy (non-hydrogen) atoms. The SMILES string of the molecule is COc1cc2c(cc1OC)-c1cc(-c3cc(C)n(C)c3C)cn1CC2. The number of hydrogen-bond acceptors (Lipinski definition) is 2.